The first-order valence-corrected chi connectivity index (χ1v) is 9.90. The van der Waals surface area contributed by atoms with Gasteiger partial charge in [0, 0.05) is 11.4 Å². The fraction of sp³-hybridized carbons (Fsp3) is 0.400. The van der Waals surface area contributed by atoms with Gasteiger partial charge < -0.3 is 10.1 Å². The van der Waals surface area contributed by atoms with Gasteiger partial charge in [0.2, 0.25) is 0 Å². The molecule has 1 aliphatic heterocycles. The van der Waals surface area contributed by atoms with Gasteiger partial charge >= 0.3 is 0 Å². The lowest BCUT2D eigenvalue weighted by molar-refractivity contribution is 0.0513. The first-order chi connectivity index (χ1) is 12.4. The van der Waals surface area contributed by atoms with Gasteiger partial charge in [0.05, 0.1) is 18.1 Å². The van der Waals surface area contributed by atoms with E-state index >= 15 is 0 Å². The molecule has 1 aromatic carbocycles. The summed E-state index contributed by atoms with van der Waals surface area (Å²) in [6.07, 6.45) is 7.68. The van der Waals surface area contributed by atoms with Crippen LogP contribution in [0.2, 0.25) is 0 Å². The molecule has 2 aromatic heterocycles. The van der Waals surface area contributed by atoms with Crippen LogP contribution in [-0.4, -0.2) is 23.1 Å². The Balaban J connectivity index is 1.45. The Bertz CT molecular complexity index is 920. The second-order valence-corrected chi connectivity index (χ2v) is 7.89. The minimum absolute atomic E-state index is 0.0874. The van der Waals surface area contributed by atoms with Crippen LogP contribution in [0, 0.1) is 0 Å². The summed E-state index contributed by atoms with van der Waals surface area (Å²) in [5.74, 6) is 0.969. The molecule has 128 valence electrons. The molecule has 1 atom stereocenters. The van der Waals surface area contributed by atoms with E-state index in [4.69, 9.17) is 4.74 Å². The maximum absolute atomic E-state index is 6.03. The molecule has 3 heterocycles. The molecule has 0 bridgehead atoms. The minimum atomic E-state index is 0.0874. The first kappa shape index (κ1) is 15.3. The van der Waals surface area contributed by atoms with Crippen molar-refractivity contribution in [2.24, 2.45) is 0 Å². The zero-order valence-corrected chi connectivity index (χ0v) is 14.9. The number of thiophene rings is 1. The van der Waals surface area contributed by atoms with Crippen molar-refractivity contribution < 1.29 is 4.74 Å². The fourth-order valence-corrected chi connectivity index (χ4v) is 5.29. The summed E-state index contributed by atoms with van der Waals surface area (Å²) in [5, 5.41) is 4.81. The van der Waals surface area contributed by atoms with E-state index in [0.29, 0.717) is 0 Å². The highest BCUT2D eigenvalue weighted by Crippen LogP contribution is 2.38. The SMILES string of the molecule is c1ccc2c(c1)CCO[C@H]2CNc1ncnc2sc3c(c12)CCCC3. The van der Waals surface area contributed by atoms with Crippen LogP contribution >= 0.6 is 11.3 Å². The lowest BCUT2D eigenvalue weighted by Gasteiger charge is -2.26. The summed E-state index contributed by atoms with van der Waals surface area (Å²) < 4.78 is 6.03. The third-order valence-corrected chi connectivity index (χ3v) is 6.50. The Morgan fingerprint density at radius 1 is 1.12 bits per heavy atom. The normalized spacial score (nSPS) is 19.4. The molecule has 0 saturated carbocycles. The molecule has 0 fully saturated rings. The third kappa shape index (κ3) is 2.71. The Hall–Kier alpha value is -1.98. The number of nitrogens with zero attached hydrogens (tertiary/aromatic N) is 2. The number of anilines is 1. The second kappa shape index (κ2) is 6.39. The van der Waals surface area contributed by atoms with Crippen LogP contribution in [0.25, 0.3) is 10.2 Å². The van der Waals surface area contributed by atoms with Gasteiger partial charge in [0.1, 0.15) is 17.0 Å². The molecule has 5 heteroatoms. The molecule has 0 spiro atoms. The van der Waals surface area contributed by atoms with Crippen molar-refractivity contribution >= 4 is 27.4 Å². The number of nitrogens with one attached hydrogen (secondary N) is 1. The molecular weight excluding hydrogens is 330 g/mol. The summed E-state index contributed by atoms with van der Waals surface area (Å²) in [6.45, 7) is 1.53. The van der Waals surface area contributed by atoms with Gasteiger partial charge in [-0.05, 0) is 48.8 Å². The van der Waals surface area contributed by atoms with Crippen molar-refractivity contribution in [1.82, 2.24) is 9.97 Å². The highest BCUT2D eigenvalue weighted by molar-refractivity contribution is 7.19. The van der Waals surface area contributed by atoms with Gasteiger partial charge in [-0.15, -0.1) is 11.3 Å². The summed E-state index contributed by atoms with van der Waals surface area (Å²) in [4.78, 5) is 11.7. The van der Waals surface area contributed by atoms with Gasteiger partial charge in [-0.1, -0.05) is 24.3 Å². The lowest BCUT2D eigenvalue weighted by atomic mass is 9.96. The highest BCUT2D eigenvalue weighted by Gasteiger charge is 2.23. The standard InChI is InChI=1S/C20H21N3OS/c1-2-6-14-13(5-1)9-10-24-16(14)11-21-19-18-15-7-3-4-8-17(15)25-20(18)23-12-22-19/h1-2,5-6,12,16H,3-4,7-11H2,(H,21,22,23)/t16-/m0/s1. The Morgan fingerprint density at radius 2 is 2.04 bits per heavy atom. The number of aromatic nitrogens is 2. The average Bonchev–Trinajstić information content (AvgIpc) is 3.05. The molecule has 0 amide bonds. The predicted octanol–water partition coefficient (Wildman–Crippen LogP) is 4.30. The molecular formula is C20H21N3OS. The second-order valence-electron chi connectivity index (χ2n) is 6.80. The van der Waals surface area contributed by atoms with Gasteiger partial charge in [-0.25, -0.2) is 9.97 Å². The van der Waals surface area contributed by atoms with E-state index in [-0.39, 0.29) is 6.10 Å². The van der Waals surface area contributed by atoms with E-state index < -0.39 is 0 Å². The van der Waals surface area contributed by atoms with Crippen molar-refractivity contribution in [3.8, 4) is 0 Å². The monoisotopic (exact) mass is 351 g/mol. The van der Waals surface area contributed by atoms with Gasteiger partial charge in [-0.3, -0.25) is 0 Å². The van der Waals surface area contributed by atoms with Gasteiger partial charge in [0.15, 0.2) is 0 Å². The Kier molecular flexibility index (Phi) is 3.91. The van der Waals surface area contributed by atoms with E-state index in [9.17, 15) is 0 Å². The van der Waals surface area contributed by atoms with Crippen LogP contribution in [0.4, 0.5) is 5.82 Å². The number of rotatable bonds is 3. The van der Waals surface area contributed by atoms with Crippen molar-refractivity contribution in [2.75, 3.05) is 18.5 Å². The topological polar surface area (TPSA) is 47.0 Å². The molecule has 3 aromatic rings. The van der Waals surface area contributed by atoms with Crippen molar-refractivity contribution in [1.29, 1.82) is 0 Å². The van der Waals surface area contributed by atoms with Crippen LogP contribution in [0.15, 0.2) is 30.6 Å². The Labute approximate surface area is 151 Å². The summed E-state index contributed by atoms with van der Waals surface area (Å²) in [6, 6.07) is 8.60. The lowest BCUT2D eigenvalue weighted by Crippen LogP contribution is -2.23. The van der Waals surface area contributed by atoms with Crippen molar-refractivity contribution in [2.45, 2.75) is 38.2 Å². The van der Waals surface area contributed by atoms with Crippen LogP contribution < -0.4 is 5.32 Å². The third-order valence-electron chi connectivity index (χ3n) is 5.30. The van der Waals surface area contributed by atoms with E-state index in [1.165, 1.54) is 46.2 Å². The maximum Gasteiger partial charge on any atom is 0.138 e. The smallest absolute Gasteiger partial charge is 0.138 e. The Morgan fingerprint density at radius 3 is 3.04 bits per heavy atom. The molecule has 4 nitrogen and oxygen atoms in total. The van der Waals surface area contributed by atoms with E-state index in [2.05, 4.69) is 39.6 Å². The molecule has 25 heavy (non-hydrogen) atoms. The molecule has 0 saturated heterocycles. The van der Waals surface area contributed by atoms with Crippen LogP contribution in [0.5, 0.6) is 0 Å². The summed E-state index contributed by atoms with van der Waals surface area (Å²) in [5.41, 5.74) is 4.18. The number of fused-ring (bicyclic) bond motifs is 4. The molecule has 5 rings (SSSR count). The maximum atomic E-state index is 6.03. The number of aryl methyl sites for hydroxylation is 2. The molecule has 2 aliphatic rings. The number of ether oxygens (including phenoxy) is 1. The van der Waals surface area contributed by atoms with E-state index in [0.717, 1.165) is 36.6 Å². The molecule has 1 aliphatic carbocycles. The van der Waals surface area contributed by atoms with Crippen molar-refractivity contribution in [3.63, 3.8) is 0 Å². The quantitative estimate of drug-likeness (QED) is 0.764. The van der Waals surface area contributed by atoms with Crippen LogP contribution in [0.1, 0.15) is 40.5 Å². The molecule has 1 N–H and O–H groups in total. The van der Waals surface area contributed by atoms with Gasteiger partial charge in [-0.2, -0.15) is 0 Å². The number of hydrogen-bond donors (Lipinski definition) is 1. The number of benzene rings is 1. The first-order valence-electron chi connectivity index (χ1n) is 9.08. The molecule has 0 unspecified atom stereocenters. The predicted molar refractivity (Wildman–Crippen MR) is 101 cm³/mol. The highest BCUT2D eigenvalue weighted by atomic mass is 32.1. The van der Waals surface area contributed by atoms with E-state index in [1.807, 2.05) is 11.3 Å². The average molecular weight is 351 g/mol. The van der Waals surface area contributed by atoms with Crippen LogP contribution in [0.3, 0.4) is 0 Å². The zero-order chi connectivity index (χ0) is 16.6. The summed E-state index contributed by atoms with van der Waals surface area (Å²) >= 11 is 1.84. The molecule has 0 radical (unpaired) electrons. The van der Waals surface area contributed by atoms with Crippen molar-refractivity contribution in [3.05, 3.63) is 52.2 Å². The number of hydrogen-bond acceptors (Lipinski definition) is 5. The van der Waals surface area contributed by atoms with Crippen LogP contribution in [-0.2, 0) is 24.0 Å². The van der Waals surface area contributed by atoms with Gasteiger partial charge in [0.25, 0.3) is 0 Å². The largest absolute Gasteiger partial charge is 0.371 e. The summed E-state index contributed by atoms with van der Waals surface area (Å²) in [7, 11) is 0. The zero-order valence-electron chi connectivity index (χ0n) is 14.1. The minimum Gasteiger partial charge on any atom is -0.371 e. The fourth-order valence-electron chi connectivity index (χ4n) is 4.06. The van der Waals surface area contributed by atoms with E-state index in [1.54, 1.807) is 6.33 Å².